The predicted octanol–water partition coefficient (Wildman–Crippen LogP) is 2.69. The van der Waals surface area contributed by atoms with Gasteiger partial charge in [0, 0.05) is 31.8 Å². The molecule has 170 valence electrons. The van der Waals surface area contributed by atoms with Crippen molar-refractivity contribution in [2.45, 2.75) is 45.1 Å². The first-order chi connectivity index (χ1) is 14.5. The number of methoxy groups -OCH3 is 1. The maximum absolute atomic E-state index is 5.68. The number of benzene rings is 1. The summed E-state index contributed by atoms with van der Waals surface area (Å²) in [4.78, 5) is 7.20. The molecular weight excluding hydrogens is 380 g/mol. The van der Waals surface area contributed by atoms with Crippen LogP contribution in [0.4, 0.5) is 0 Å². The van der Waals surface area contributed by atoms with Crippen LogP contribution in [0.5, 0.6) is 11.5 Å². The number of rotatable bonds is 11. The van der Waals surface area contributed by atoms with Crippen molar-refractivity contribution < 1.29 is 14.2 Å². The monoisotopic (exact) mass is 420 g/mol. The molecule has 0 aliphatic carbocycles. The van der Waals surface area contributed by atoms with Crippen molar-refractivity contribution >= 4 is 5.96 Å². The highest BCUT2D eigenvalue weighted by atomic mass is 16.5. The third-order valence-electron chi connectivity index (χ3n) is 5.71. The van der Waals surface area contributed by atoms with Crippen LogP contribution in [-0.2, 0) is 11.2 Å². The molecule has 0 radical (unpaired) electrons. The second-order valence-electron chi connectivity index (χ2n) is 7.87. The molecule has 1 aromatic carbocycles. The van der Waals surface area contributed by atoms with Gasteiger partial charge in [-0.2, -0.15) is 0 Å². The highest BCUT2D eigenvalue weighted by Crippen LogP contribution is 2.28. The molecule has 2 rings (SSSR count). The molecule has 7 nitrogen and oxygen atoms in total. The molecular formula is C23H40N4O3. The van der Waals surface area contributed by atoms with E-state index < -0.39 is 0 Å². The summed E-state index contributed by atoms with van der Waals surface area (Å²) in [5.74, 6) is 2.48. The van der Waals surface area contributed by atoms with E-state index in [1.165, 1.54) is 5.56 Å². The predicted molar refractivity (Wildman–Crippen MR) is 123 cm³/mol. The lowest BCUT2D eigenvalue weighted by atomic mass is 9.89. The molecule has 0 saturated carbocycles. The van der Waals surface area contributed by atoms with Crippen LogP contribution in [0.1, 0.15) is 38.7 Å². The van der Waals surface area contributed by atoms with Gasteiger partial charge in [-0.25, -0.2) is 0 Å². The van der Waals surface area contributed by atoms with Crippen molar-refractivity contribution in [1.82, 2.24) is 15.5 Å². The van der Waals surface area contributed by atoms with Crippen molar-refractivity contribution in [3.05, 3.63) is 23.8 Å². The second kappa shape index (κ2) is 12.6. The Bertz CT molecular complexity index is 658. The van der Waals surface area contributed by atoms with Crippen molar-refractivity contribution in [3.63, 3.8) is 0 Å². The lowest BCUT2D eigenvalue weighted by molar-refractivity contribution is -0.00254. The van der Waals surface area contributed by atoms with Gasteiger partial charge in [-0.05, 0) is 71.3 Å². The molecule has 0 bridgehead atoms. The zero-order chi connectivity index (χ0) is 21.8. The lowest BCUT2D eigenvalue weighted by Crippen LogP contribution is -2.51. The van der Waals surface area contributed by atoms with Gasteiger partial charge in [-0.1, -0.05) is 6.07 Å². The van der Waals surface area contributed by atoms with Crippen LogP contribution in [0.15, 0.2) is 23.2 Å². The molecule has 0 spiro atoms. The highest BCUT2D eigenvalue weighted by Gasteiger charge is 2.34. The molecule has 2 N–H and O–H groups in total. The molecule has 0 unspecified atom stereocenters. The summed E-state index contributed by atoms with van der Waals surface area (Å²) >= 11 is 0. The number of aryl methyl sites for hydroxylation is 1. The Hall–Kier alpha value is -1.99. The Balaban J connectivity index is 1.88. The number of hydrogen-bond acceptors (Lipinski definition) is 5. The minimum Gasteiger partial charge on any atom is -0.493 e. The summed E-state index contributed by atoms with van der Waals surface area (Å²) < 4.78 is 16.6. The first kappa shape index (κ1) is 24.3. The Kier molecular flexibility index (Phi) is 10.2. The average Bonchev–Trinajstić information content (AvgIpc) is 2.76. The first-order valence-corrected chi connectivity index (χ1v) is 11.1. The fourth-order valence-electron chi connectivity index (χ4n) is 3.71. The van der Waals surface area contributed by atoms with E-state index in [-0.39, 0.29) is 5.54 Å². The average molecular weight is 421 g/mol. The molecule has 1 saturated heterocycles. The lowest BCUT2D eigenvalue weighted by Gasteiger charge is -2.41. The summed E-state index contributed by atoms with van der Waals surface area (Å²) in [5, 5.41) is 6.85. The third-order valence-corrected chi connectivity index (χ3v) is 5.71. The smallest absolute Gasteiger partial charge is 0.191 e. The van der Waals surface area contributed by atoms with E-state index in [4.69, 9.17) is 19.2 Å². The SMILES string of the molecule is CCNC(=NCC1(N(C)C)CCOCC1)NCCCc1ccc(OC)c(OCC)c1. The molecule has 1 aliphatic heterocycles. The van der Waals surface area contributed by atoms with Crippen LogP contribution in [0, 0.1) is 0 Å². The van der Waals surface area contributed by atoms with E-state index in [1.54, 1.807) is 7.11 Å². The van der Waals surface area contributed by atoms with Gasteiger partial charge in [-0.3, -0.25) is 4.99 Å². The van der Waals surface area contributed by atoms with Crippen molar-refractivity contribution in [3.8, 4) is 11.5 Å². The molecule has 1 heterocycles. The van der Waals surface area contributed by atoms with Crippen molar-refractivity contribution in [1.29, 1.82) is 0 Å². The van der Waals surface area contributed by atoms with Gasteiger partial charge in [-0.15, -0.1) is 0 Å². The van der Waals surface area contributed by atoms with Gasteiger partial charge in [0.05, 0.1) is 20.3 Å². The number of nitrogens with one attached hydrogen (secondary N) is 2. The number of nitrogens with zero attached hydrogens (tertiary/aromatic N) is 2. The normalized spacial score (nSPS) is 16.4. The summed E-state index contributed by atoms with van der Waals surface area (Å²) in [5.41, 5.74) is 1.33. The van der Waals surface area contributed by atoms with Gasteiger partial charge >= 0.3 is 0 Å². The molecule has 1 aromatic rings. The maximum Gasteiger partial charge on any atom is 0.191 e. The van der Waals surface area contributed by atoms with Crippen LogP contribution in [0.2, 0.25) is 0 Å². The molecule has 1 fully saturated rings. The van der Waals surface area contributed by atoms with E-state index in [0.717, 1.165) is 76.0 Å². The number of ether oxygens (including phenoxy) is 3. The quantitative estimate of drug-likeness (QED) is 0.326. The van der Waals surface area contributed by atoms with Crippen LogP contribution in [0.3, 0.4) is 0 Å². The van der Waals surface area contributed by atoms with Gasteiger partial charge < -0.3 is 29.7 Å². The largest absolute Gasteiger partial charge is 0.493 e. The Labute approximate surface area is 182 Å². The van der Waals surface area contributed by atoms with E-state index in [9.17, 15) is 0 Å². The Morgan fingerprint density at radius 2 is 1.93 bits per heavy atom. The van der Waals surface area contributed by atoms with Crippen molar-refractivity contribution in [2.75, 3.05) is 60.7 Å². The number of likely N-dealkylation sites (N-methyl/N-ethyl adjacent to an activating group) is 1. The van der Waals surface area contributed by atoms with Gasteiger partial charge in [0.25, 0.3) is 0 Å². The summed E-state index contributed by atoms with van der Waals surface area (Å²) in [6.07, 6.45) is 4.01. The fraction of sp³-hybridized carbons (Fsp3) is 0.696. The number of guanidine groups is 1. The minimum absolute atomic E-state index is 0.0827. The Morgan fingerprint density at radius 3 is 2.57 bits per heavy atom. The molecule has 7 heteroatoms. The third kappa shape index (κ3) is 7.06. The topological polar surface area (TPSA) is 67.4 Å². The highest BCUT2D eigenvalue weighted by molar-refractivity contribution is 5.79. The van der Waals surface area contributed by atoms with Crippen LogP contribution < -0.4 is 20.1 Å². The zero-order valence-corrected chi connectivity index (χ0v) is 19.4. The second-order valence-corrected chi connectivity index (χ2v) is 7.87. The van der Waals surface area contributed by atoms with E-state index in [2.05, 4.69) is 48.7 Å². The van der Waals surface area contributed by atoms with E-state index >= 15 is 0 Å². The molecule has 0 aromatic heterocycles. The van der Waals surface area contributed by atoms with Crippen LogP contribution >= 0.6 is 0 Å². The zero-order valence-electron chi connectivity index (χ0n) is 19.4. The van der Waals surface area contributed by atoms with Gasteiger partial charge in [0.2, 0.25) is 0 Å². The van der Waals surface area contributed by atoms with E-state index in [1.807, 2.05) is 13.0 Å². The van der Waals surface area contributed by atoms with E-state index in [0.29, 0.717) is 6.61 Å². The number of aliphatic imine (C=N–C) groups is 1. The first-order valence-electron chi connectivity index (χ1n) is 11.1. The Morgan fingerprint density at radius 1 is 1.17 bits per heavy atom. The van der Waals surface area contributed by atoms with Crippen LogP contribution in [0.25, 0.3) is 0 Å². The molecule has 0 atom stereocenters. The summed E-state index contributed by atoms with van der Waals surface area (Å²) in [7, 11) is 5.96. The van der Waals surface area contributed by atoms with Gasteiger partial charge in [0.1, 0.15) is 0 Å². The number of hydrogen-bond donors (Lipinski definition) is 2. The van der Waals surface area contributed by atoms with Crippen LogP contribution in [-0.4, -0.2) is 77.1 Å². The summed E-state index contributed by atoms with van der Waals surface area (Å²) in [6.45, 7) is 8.81. The minimum atomic E-state index is 0.0827. The van der Waals surface area contributed by atoms with Gasteiger partial charge in [0.15, 0.2) is 17.5 Å². The molecule has 30 heavy (non-hydrogen) atoms. The standard InChI is InChI=1S/C23H40N4O3/c1-6-24-22(26-18-23(27(3)4)12-15-29-16-13-23)25-14-8-9-19-10-11-20(28-5)21(17-19)30-7-2/h10-11,17H,6-9,12-16,18H2,1-5H3,(H2,24,25,26). The maximum atomic E-state index is 5.68. The van der Waals surface area contributed by atoms with Crippen molar-refractivity contribution in [2.24, 2.45) is 4.99 Å². The molecule has 0 amide bonds. The fourth-order valence-corrected chi connectivity index (χ4v) is 3.71. The summed E-state index contributed by atoms with van der Waals surface area (Å²) in [6, 6.07) is 6.16. The molecule has 1 aliphatic rings.